The Morgan fingerprint density at radius 3 is 2.88 bits per heavy atom. The highest BCUT2D eigenvalue weighted by Gasteiger charge is 2.30. The van der Waals surface area contributed by atoms with Crippen molar-refractivity contribution in [3.8, 4) is 0 Å². The maximum absolute atomic E-state index is 11.9. The van der Waals surface area contributed by atoms with E-state index in [1.807, 2.05) is 6.92 Å². The third kappa shape index (κ3) is 2.52. The molecule has 5 nitrogen and oxygen atoms in total. The molecule has 0 spiro atoms. The Balaban J connectivity index is 1.81. The third-order valence-electron chi connectivity index (χ3n) is 3.34. The highest BCUT2D eigenvalue weighted by Crippen LogP contribution is 2.15. The van der Waals surface area contributed by atoms with Gasteiger partial charge in [0.15, 0.2) is 0 Å². The van der Waals surface area contributed by atoms with Crippen molar-refractivity contribution in [3.05, 3.63) is 0 Å². The van der Waals surface area contributed by atoms with E-state index in [0.29, 0.717) is 26.0 Å². The maximum atomic E-state index is 11.9. The van der Waals surface area contributed by atoms with Crippen LogP contribution in [0.25, 0.3) is 0 Å². The standard InChI is InChI=1S/C11H18N2O3/c1-7-9(4-5-16-7)13-11(15)8-2-3-10(14)12-6-8/h7-9H,2-6H2,1H3,(H,12,14)(H,13,15). The largest absolute Gasteiger partial charge is 0.376 e. The Kier molecular flexibility index (Phi) is 3.43. The fraction of sp³-hybridized carbons (Fsp3) is 0.818. The lowest BCUT2D eigenvalue weighted by molar-refractivity contribution is -0.129. The molecule has 5 heteroatoms. The molecular formula is C11H18N2O3. The van der Waals surface area contributed by atoms with Crippen molar-refractivity contribution in [3.63, 3.8) is 0 Å². The number of carbonyl (C=O) groups is 2. The van der Waals surface area contributed by atoms with Gasteiger partial charge in [0.05, 0.1) is 18.1 Å². The molecule has 16 heavy (non-hydrogen) atoms. The summed E-state index contributed by atoms with van der Waals surface area (Å²) in [5, 5.41) is 5.72. The van der Waals surface area contributed by atoms with Crippen LogP contribution in [0.2, 0.25) is 0 Å². The van der Waals surface area contributed by atoms with Gasteiger partial charge < -0.3 is 15.4 Å². The average Bonchev–Trinajstić information content (AvgIpc) is 2.65. The first kappa shape index (κ1) is 11.4. The number of piperidine rings is 1. The van der Waals surface area contributed by atoms with Crippen LogP contribution in [0, 0.1) is 5.92 Å². The van der Waals surface area contributed by atoms with E-state index in [0.717, 1.165) is 6.42 Å². The fourth-order valence-corrected chi connectivity index (χ4v) is 2.18. The Morgan fingerprint density at radius 1 is 1.50 bits per heavy atom. The Hall–Kier alpha value is -1.10. The van der Waals surface area contributed by atoms with E-state index in [4.69, 9.17) is 4.74 Å². The lowest BCUT2D eigenvalue weighted by Crippen LogP contribution is -2.47. The molecule has 0 aromatic rings. The Bertz CT molecular complexity index is 283. The molecule has 0 bridgehead atoms. The molecule has 0 radical (unpaired) electrons. The number of rotatable bonds is 2. The fourth-order valence-electron chi connectivity index (χ4n) is 2.18. The molecule has 2 N–H and O–H groups in total. The number of nitrogens with one attached hydrogen (secondary N) is 2. The van der Waals surface area contributed by atoms with Crippen LogP contribution in [0.15, 0.2) is 0 Å². The highest BCUT2D eigenvalue weighted by molar-refractivity contribution is 5.83. The van der Waals surface area contributed by atoms with E-state index in [-0.39, 0.29) is 29.9 Å². The van der Waals surface area contributed by atoms with Gasteiger partial charge in [0, 0.05) is 19.6 Å². The summed E-state index contributed by atoms with van der Waals surface area (Å²) in [5.41, 5.74) is 0. The number of carbonyl (C=O) groups excluding carboxylic acids is 2. The van der Waals surface area contributed by atoms with E-state index in [2.05, 4.69) is 10.6 Å². The molecule has 2 amide bonds. The molecule has 0 aliphatic carbocycles. The molecular weight excluding hydrogens is 208 g/mol. The molecule has 2 rings (SSSR count). The molecule has 2 aliphatic rings. The summed E-state index contributed by atoms with van der Waals surface area (Å²) < 4.78 is 5.39. The number of hydrogen-bond acceptors (Lipinski definition) is 3. The summed E-state index contributed by atoms with van der Waals surface area (Å²) in [7, 11) is 0. The highest BCUT2D eigenvalue weighted by atomic mass is 16.5. The van der Waals surface area contributed by atoms with Crippen molar-refractivity contribution in [2.24, 2.45) is 5.92 Å². The predicted molar refractivity (Wildman–Crippen MR) is 57.7 cm³/mol. The number of ether oxygens (including phenoxy) is 1. The Labute approximate surface area is 94.9 Å². The van der Waals surface area contributed by atoms with Gasteiger partial charge in [0.25, 0.3) is 0 Å². The van der Waals surface area contributed by atoms with Gasteiger partial charge in [-0.15, -0.1) is 0 Å². The van der Waals surface area contributed by atoms with Crippen molar-refractivity contribution >= 4 is 11.8 Å². The molecule has 0 aromatic carbocycles. The van der Waals surface area contributed by atoms with E-state index in [1.54, 1.807) is 0 Å². The zero-order chi connectivity index (χ0) is 11.5. The third-order valence-corrected chi connectivity index (χ3v) is 3.34. The summed E-state index contributed by atoms with van der Waals surface area (Å²) in [5.74, 6) is 0.00877. The van der Waals surface area contributed by atoms with Gasteiger partial charge in [0.2, 0.25) is 11.8 Å². The summed E-state index contributed by atoms with van der Waals surface area (Å²) >= 11 is 0. The molecule has 90 valence electrons. The van der Waals surface area contributed by atoms with Gasteiger partial charge in [-0.1, -0.05) is 0 Å². The van der Waals surface area contributed by atoms with Crippen molar-refractivity contribution in [2.75, 3.05) is 13.2 Å². The van der Waals surface area contributed by atoms with Crippen molar-refractivity contribution in [1.29, 1.82) is 0 Å². The lowest BCUT2D eigenvalue weighted by Gasteiger charge is -2.24. The zero-order valence-electron chi connectivity index (χ0n) is 9.49. The molecule has 2 saturated heterocycles. The van der Waals surface area contributed by atoms with Crippen LogP contribution < -0.4 is 10.6 Å². The van der Waals surface area contributed by atoms with Crippen LogP contribution in [0.1, 0.15) is 26.2 Å². The van der Waals surface area contributed by atoms with Crippen LogP contribution in [0.3, 0.4) is 0 Å². The van der Waals surface area contributed by atoms with Crippen LogP contribution in [-0.2, 0) is 14.3 Å². The summed E-state index contributed by atoms with van der Waals surface area (Å²) in [6.45, 7) is 3.15. The molecule has 2 heterocycles. The average molecular weight is 226 g/mol. The molecule has 0 saturated carbocycles. The van der Waals surface area contributed by atoms with Gasteiger partial charge in [-0.2, -0.15) is 0 Å². The van der Waals surface area contributed by atoms with Gasteiger partial charge >= 0.3 is 0 Å². The summed E-state index contributed by atoms with van der Waals surface area (Å²) in [6, 6.07) is 0.130. The second kappa shape index (κ2) is 4.82. The minimum absolute atomic E-state index is 0.0432. The van der Waals surface area contributed by atoms with Crippen molar-refractivity contribution < 1.29 is 14.3 Å². The number of hydrogen-bond donors (Lipinski definition) is 2. The second-order valence-electron chi connectivity index (χ2n) is 4.52. The second-order valence-corrected chi connectivity index (χ2v) is 4.52. The molecule has 3 atom stereocenters. The topological polar surface area (TPSA) is 67.4 Å². The first-order valence-corrected chi connectivity index (χ1v) is 5.85. The molecule has 3 unspecified atom stereocenters. The molecule has 2 fully saturated rings. The van der Waals surface area contributed by atoms with E-state index in [9.17, 15) is 9.59 Å². The van der Waals surface area contributed by atoms with E-state index >= 15 is 0 Å². The van der Waals surface area contributed by atoms with Crippen molar-refractivity contribution in [2.45, 2.75) is 38.3 Å². The number of amides is 2. The van der Waals surface area contributed by atoms with Crippen LogP contribution in [-0.4, -0.2) is 37.1 Å². The minimum atomic E-state index is -0.0782. The predicted octanol–water partition coefficient (Wildman–Crippen LogP) is -0.194. The molecule has 0 aromatic heterocycles. The van der Waals surface area contributed by atoms with E-state index < -0.39 is 0 Å². The van der Waals surface area contributed by atoms with E-state index in [1.165, 1.54) is 0 Å². The summed E-state index contributed by atoms with van der Waals surface area (Å²) in [4.78, 5) is 22.9. The first-order valence-electron chi connectivity index (χ1n) is 5.85. The van der Waals surface area contributed by atoms with Gasteiger partial charge in [-0.05, 0) is 19.8 Å². The summed E-state index contributed by atoms with van der Waals surface area (Å²) in [6.07, 6.45) is 2.09. The van der Waals surface area contributed by atoms with Crippen LogP contribution >= 0.6 is 0 Å². The smallest absolute Gasteiger partial charge is 0.225 e. The Morgan fingerprint density at radius 2 is 2.31 bits per heavy atom. The van der Waals surface area contributed by atoms with Gasteiger partial charge in [0.1, 0.15) is 0 Å². The monoisotopic (exact) mass is 226 g/mol. The lowest BCUT2D eigenvalue weighted by atomic mass is 9.97. The van der Waals surface area contributed by atoms with Crippen molar-refractivity contribution in [1.82, 2.24) is 10.6 Å². The SMILES string of the molecule is CC1OCCC1NC(=O)C1CCC(=O)NC1. The van der Waals surface area contributed by atoms with Crippen LogP contribution in [0.5, 0.6) is 0 Å². The molecule has 2 aliphatic heterocycles. The minimum Gasteiger partial charge on any atom is -0.376 e. The normalized spacial score (nSPS) is 34.6. The first-order chi connectivity index (χ1) is 7.66. The zero-order valence-corrected chi connectivity index (χ0v) is 9.49. The van der Waals surface area contributed by atoms with Gasteiger partial charge in [-0.3, -0.25) is 9.59 Å². The quantitative estimate of drug-likeness (QED) is 0.685. The van der Waals surface area contributed by atoms with Gasteiger partial charge in [-0.25, -0.2) is 0 Å². The maximum Gasteiger partial charge on any atom is 0.225 e. The van der Waals surface area contributed by atoms with Crippen LogP contribution in [0.4, 0.5) is 0 Å².